The molecule has 0 spiro atoms. The fourth-order valence-corrected chi connectivity index (χ4v) is 1.62. The largest absolute Gasteiger partial charge is 0.433 e. The van der Waals surface area contributed by atoms with Gasteiger partial charge in [0.2, 0.25) is 5.28 Å². The molecule has 2 N–H and O–H groups in total. The molecule has 0 aliphatic heterocycles. The smallest absolute Gasteiger partial charge is 0.360 e. The monoisotopic (exact) mass is 291 g/mol. The quantitative estimate of drug-likeness (QED) is 0.853. The summed E-state index contributed by atoms with van der Waals surface area (Å²) in [5.74, 6) is 0.555. The van der Waals surface area contributed by atoms with Gasteiger partial charge < -0.3 is 10.3 Å². The number of aromatic amines is 1. The third-order valence-corrected chi connectivity index (χ3v) is 2.45. The van der Waals surface area contributed by atoms with Gasteiger partial charge in [-0.3, -0.25) is 0 Å². The molecule has 2 heterocycles. The van der Waals surface area contributed by atoms with E-state index < -0.39 is 17.2 Å². The average molecular weight is 292 g/mol. The van der Waals surface area contributed by atoms with Crippen molar-refractivity contribution < 1.29 is 13.2 Å². The maximum absolute atomic E-state index is 12.6. The summed E-state index contributed by atoms with van der Waals surface area (Å²) in [6.07, 6.45) is -1.42. The van der Waals surface area contributed by atoms with Gasteiger partial charge >= 0.3 is 6.18 Å². The summed E-state index contributed by atoms with van der Waals surface area (Å²) in [6, 6.07) is 0.452. The molecule has 19 heavy (non-hydrogen) atoms. The zero-order valence-electron chi connectivity index (χ0n) is 9.66. The molecular weight excluding hydrogens is 283 g/mol. The zero-order chi connectivity index (χ0) is 14.0. The first-order chi connectivity index (χ1) is 8.86. The van der Waals surface area contributed by atoms with Crippen molar-refractivity contribution in [3.63, 3.8) is 0 Å². The van der Waals surface area contributed by atoms with Gasteiger partial charge in [-0.1, -0.05) is 0 Å². The second-order valence-corrected chi connectivity index (χ2v) is 4.08. The van der Waals surface area contributed by atoms with Gasteiger partial charge in [-0.05, 0) is 18.5 Å². The van der Waals surface area contributed by atoms with E-state index in [-0.39, 0.29) is 11.9 Å². The number of nitrogens with one attached hydrogen (secondary N) is 2. The van der Waals surface area contributed by atoms with Gasteiger partial charge in [0.25, 0.3) is 0 Å². The normalized spacial score (nSPS) is 13.3. The summed E-state index contributed by atoms with van der Waals surface area (Å²) in [7, 11) is 0. The summed E-state index contributed by atoms with van der Waals surface area (Å²) in [5, 5.41) is 2.30. The van der Waals surface area contributed by atoms with E-state index in [9.17, 15) is 13.2 Å². The van der Waals surface area contributed by atoms with E-state index in [1.165, 1.54) is 0 Å². The molecule has 0 aliphatic rings. The standard InChI is InChI=1S/C10H9ClF3N5/c1-5(8-15-2-3-16-8)17-7-4-6(10(12,13)14)18-9(11)19-7/h2-5H,1H3,(H,15,16)(H,17,18,19). The fraction of sp³-hybridized carbons (Fsp3) is 0.300. The lowest BCUT2D eigenvalue weighted by Crippen LogP contribution is -2.13. The van der Waals surface area contributed by atoms with Gasteiger partial charge in [-0.2, -0.15) is 13.2 Å². The molecule has 1 unspecified atom stereocenters. The Kier molecular flexibility index (Phi) is 3.61. The van der Waals surface area contributed by atoms with Crippen LogP contribution in [0.3, 0.4) is 0 Å². The maximum Gasteiger partial charge on any atom is 0.433 e. The summed E-state index contributed by atoms with van der Waals surface area (Å²) in [4.78, 5) is 13.7. The molecule has 2 aromatic heterocycles. The number of rotatable bonds is 3. The number of nitrogens with zero attached hydrogens (tertiary/aromatic N) is 3. The molecule has 0 saturated carbocycles. The minimum atomic E-state index is -4.57. The van der Waals surface area contributed by atoms with Crippen molar-refractivity contribution in [3.05, 3.63) is 35.3 Å². The van der Waals surface area contributed by atoms with Gasteiger partial charge in [0, 0.05) is 18.5 Å². The number of aromatic nitrogens is 4. The van der Waals surface area contributed by atoms with Crippen molar-refractivity contribution in [3.8, 4) is 0 Å². The van der Waals surface area contributed by atoms with Crippen molar-refractivity contribution >= 4 is 17.4 Å². The Morgan fingerprint density at radius 2 is 2.11 bits per heavy atom. The van der Waals surface area contributed by atoms with E-state index in [1.807, 2.05) is 0 Å². The highest BCUT2D eigenvalue weighted by Gasteiger charge is 2.33. The average Bonchev–Trinajstić information content (AvgIpc) is 2.80. The van der Waals surface area contributed by atoms with Crippen LogP contribution in [0.15, 0.2) is 18.5 Å². The fourth-order valence-electron chi connectivity index (χ4n) is 1.44. The van der Waals surface area contributed by atoms with Crippen molar-refractivity contribution in [2.45, 2.75) is 19.1 Å². The zero-order valence-corrected chi connectivity index (χ0v) is 10.4. The Morgan fingerprint density at radius 1 is 1.37 bits per heavy atom. The minimum absolute atomic E-state index is 0.0174. The Labute approximate surface area is 111 Å². The number of hydrogen-bond acceptors (Lipinski definition) is 4. The van der Waals surface area contributed by atoms with Crippen LogP contribution in [0.5, 0.6) is 0 Å². The number of hydrogen-bond donors (Lipinski definition) is 2. The molecule has 0 bridgehead atoms. The van der Waals surface area contributed by atoms with E-state index in [4.69, 9.17) is 11.6 Å². The van der Waals surface area contributed by atoms with Gasteiger partial charge in [0.05, 0.1) is 6.04 Å². The lowest BCUT2D eigenvalue weighted by molar-refractivity contribution is -0.141. The SMILES string of the molecule is CC(Nc1cc(C(F)(F)F)nc(Cl)n1)c1ncc[nH]1. The van der Waals surface area contributed by atoms with Crippen LogP contribution in [0.2, 0.25) is 5.28 Å². The van der Waals surface area contributed by atoms with Crippen molar-refractivity contribution in [1.82, 2.24) is 19.9 Å². The molecule has 102 valence electrons. The predicted octanol–water partition coefficient (Wildman–Crippen LogP) is 3.05. The molecule has 5 nitrogen and oxygen atoms in total. The number of alkyl halides is 3. The van der Waals surface area contributed by atoms with Crippen LogP contribution >= 0.6 is 11.6 Å². The molecule has 0 aromatic carbocycles. The molecule has 0 saturated heterocycles. The van der Waals surface area contributed by atoms with Crippen LogP contribution in [-0.2, 0) is 6.18 Å². The van der Waals surface area contributed by atoms with Crippen LogP contribution in [-0.4, -0.2) is 19.9 Å². The van der Waals surface area contributed by atoms with E-state index >= 15 is 0 Å². The van der Waals surface area contributed by atoms with Crippen LogP contribution in [0, 0.1) is 0 Å². The van der Waals surface area contributed by atoms with Crippen LogP contribution < -0.4 is 5.32 Å². The molecule has 2 aromatic rings. The second-order valence-electron chi connectivity index (χ2n) is 3.75. The first kappa shape index (κ1) is 13.6. The highest BCUT2D eigenvalue weighted by molar-refractivity contribution is 6.28. The summed E-state index contributed by atoms with van der Waals surface area (Å²) >= 11 is 5.48. The molecule has 0 fully saturated rings. The first-order valence-corrected chi connectivity index (χ1v) is 5.61. The number of H-pyrrole nitrogens is 1. The van der Waals surface area contributed by atoms with Crippen LogP contribution in [0.25, 0.3) is 0 Å². The topological polar surface area (TPSA) is 66.5 Å². The third kappa shape index (κ3) is 3.34. The lowest BCUT2D eigenvalue weighted by atomic mass is 10.3. The van der Waals surface area contributed by atoms with Crippen LogP contribution in [0.1, 0.15) is 24.5 Å². The molecule has 0 amide bonds. The predicted molar refractivity (Wildman–Crippen MR) is 62.7 cm³/mol. The van der Waals surface area contributed by atoms with Crippen LogP contribution in [0.4, 0.5) is 19.0 Å². The lowest BCUT2D eigenvalue weighted by Gasteiger charge is -2.13. The Hall–Kier alpha value is -1.83. The van der Waals surface area contributed by atoms with Gasteiger partial charge in [0.15, 0.2) is 5.69 Å². The van der Waals surface area contributed by atoms with E-state index in [2.05, 4.69) is 25.3 Å². The summed E-state index contributed by atoms with van der Waals surface area (Å²) < 4.78 is 37.7. The Bertz CT molecular complexity index is 555. The molecule has 0 radical (unpaired) electrons. The second kappa shape index (κ2) is 5.04. The summed E-state index contributed by atoms with van der Waals surface area (Å²) in [6.45, 7) is 1.72. The third-order valence-electron chi connectivity index (χ3n) is 2.28. The molecule has 0 aliphatic carbocycles. The van der Waals surface area contributed by atoms with Crippen molar-refractivity contribution in [1.29, 1.82) is 0 Å². The van der Waals surface area contributed by atoms with E-state index in [0.717, 1.165) is 6.07 Å². The van der Waals surface area contributed by atoms with Gasteiger partial charge in [0.1, 0.15) is 11.6 Å². The highest BCUT2D eigenvalue weighted by Crippen LogP contribution is 2.30. The van der Waals surface area contributed by atoms with E-state index in [0.29, 0.717) is 5.82 Å². The maximum atomic E-state index is 12.6. The van der Waals surface area contributed by atoms with Crippen molar-refractivity contribution in [2.24, 2.45) is 0 Å². The number of halogens is 4. The minimum Gasteiger partial charge on any atom is -0.360 e. The summed E-state index contributed by atoms with van der Waals surface area (Å²) in [5.41, 5.74) is -1.10. The molecular formula is C10H9ClF3N5. The van der Waals surface area contributed by atoms with Crippen molar-refractivity contribution in [2.75, 3.05) is 5.32 Å². The Morgan fingerprint density at radius 3 is 2.68 bits per heavy atom. The Balaban J connectivity index is 2.23. The number of anilines is 1. The van der Waals surface area contributed by atoms with E-state index in [1.54, 1.807) is 19.3 Å². The highest BCUT2D eigenvalue weighted by atomic mass is 35.5. The van der Waals surface area contributed by atoms with Gasteiger partial charge in [-0.25, -0.2) is 15.0 Å². The first-order valence-electron chi connectivity index (χ1n) is 5.24. The molecule has 1 atom stereocenters. The van der Waals surface area contributed by atoms with Gasteiger partial charge in [-0.15, -0.1) is 0 Å². The molecule has 9 heteroatoms. The number of imidazole rings is 1. The molecule has 2 rings (SSSR count).